The molecule has 11 heavy (non-hydrogen) atoms. The molecule has 0 aromatic carbocycles. The fourth-order valence-electron chi connectivity index (χ4n) is 1.43. The predicted molar refractivity (Wildman–Crippen MR) is 47.6 cm³/mol. The fraction of sp³-hybridized carbons (Fsp3) is 1.00. The Bertz CT molecular complexity index is 129. The van der Waals surface area contributed by atoms with E-state index < -0.39 is 0 Å². The Balaban J connectivity index is 2.51. The van der Waals surface area contributed by atoms with E-state index in [0.717, 1.165) is 0 Å². The topological polar surface area (TPSA) is 12.5 Å². The van der Waals surface area contributed by atoms with Crippen LogP contribution in [0.4, 0.5) is 0 Å². The average Bonchev–Trinajstić information content (AvgIpc) is 2.30. The number of epoxide rings is 1. The van der Waals surface area contributed by atoms with E-state index >= 15 is 0 Å². The van der Waals surface area contributed by atoms with Crippen LogP contribution in [0.3, 0.4) is 0 Å². The lowest BCUT2D eigenvalue weighted by Gasteiger charge is -2.19. The Morgan fingerprint density at radius 1 is 0.727 bits per heavy atom. The molecule has 0 saturated carbocycles. The summed E-state index contributed by atoms with van der Waals surface area (Å²) >= 11 is 0. The van der Waals surface area contributed by atoms with Crippen molar-refractivity contribution in [2.45, 2.75) is 53.8 Å². The van der Waals surface area contributed by atoms with Gasteiger partial charge in [-0.1, -0.05) is 41.5 Å². The molecule has 1 fully saturated rings. The first-order valence-corrected chi connectivity index (χ1v) is 4.38. The highest BCUT2D eigenvalue weighted by Gasteiger charge is 2.52. The van der Waals surface area contributed by atoms with Gasteiger partial charge < -0.3 is 4.74 Å². The fourth-order valence-corrected chi connectivity index (χ4v) is 1.43. The van der Waals surface area contributed by atoms with Gasteiger partial charge in [0.15, 0.2) is 0 Å². The predicted octanol–water partition coefficient (Wildman–Crippen LogP) is 2.85. The van der Waals surface area contributed by atoms with E-state index in [4.69, 9.17) is 4.74 Å². The smallest absolute Gasteiger partial charge is 0.0895 e. The summed E-state index contributed by atoms with van der Waals surface area (Å²) in [7, 11) is 0. The molecule has 0 aromatic rings. The minimum atomic E-state index is 0.317. The Hall–Kier alpha value is -0.0400. The van der Waals surface area contributed by atoms with Crippen molar-refractivity contribution in [1.82, 2.24) is 0 Å². The molecular weight excluding hydrogens is 136 g/mol. The van der Waals surface area contributed by atoms with Gasteiger partial charge in [-0.2, -0.15) is 0 Å². The number of ether oxygens (including phenoxy) is 1. The largest absolute Gasteiger partial charge is 0.368 e. The molecular formula is C10H20O. The highest BCUT2D eigenvalue weighted by molar-refractivity contribution is 4.99. The monoisotopic (exact) mass is 156 g/mol. The molecule has 0 aliphatic carbocycles. The molecule has 1 rings (SSSR count). The summed E-state index contributed by atoms with van der Waals surface area (Å²) in [5.41, 5.74) is 0.635. The summed E-state index contributed by atoms with van der Waals surface area (Å²) in [5, 5.41) is 0. The van der Waals surface area contributed by atoms with Crippen molar-refractivity contribution in [2.75, 3.05) is 0 Å². The lowest BCUT2D eigenvalue weighted by molar-refractivity contribution is 0.236. The second-order valence-corrected chi connectivity index (χ2v) is 5.71. The molecule has 1 heterocycles. The van der Waals surface area contributed by atoms with Gasteiger partial charge in [-0.25, -0.2) is 0 Å². The van der Waals surface area contributed by atoms with Gasteiger partial charge in [0.1, 0.15) is 0 Å². The maximum absolute atomic E-state index is 5.65. The molecule has 0 aromatic heterocycles. The minimum Gasteiger partial charge on any atom is -0.368 e. The van der Waals surface area contributed by atoms with Crippen molar-refractivity contribution in [3.8, 4) is 0 Å². The molecule has 1 nitrogen and oxygen atoms in total. The van der Waals surface area contributed by atoms with Crippen LogP contribution in [-0.4, -0.2) is 12.2 Å². The maximum Gasteiger partial charge on any atom is 0.0895 e. The molecule has 0 N–H and O–H groups in total. The van der Waals surface area contributed by atoms with Crippen molar-refractivity contribution in [2.24, 2.45) is 10.8 Å². The van der Waals surface area contributed by atoms with Crippen LogP contribution < -0.4 is 0 Å². The van der Waals surface area contributed by atoms with E-state index in [1.165, 1.54) is 0 Å². The molecule has 2 atom stereocenters. The molecule has 1 aliphatic rings. The molecule has 66 valence electrons. The Kier molecular flexibility index (Phi) is 1.83. The summed E-state index contributed by atoms with van der Waals surface area (Å²) in [6.07, 6.45) is 0.949. The van der Waals surface area contributed by atoms with Gasteiger partial charge in [0.25, 0.3) is 0 Å². The van der Waals surface area contributed by atoms with Gasteiger partial charge in [-0.15, -0.1) is 0 Å². The first-order chi connectivity index (χ1) is 4.73. The summed E-state index contributed by atoms with van der Waals surface area (Å²) in [6.45, 7) is 13.4. The van der Waals surface area contributed by atoms with Crippen LogP contribution in [0, 0.1) is 10.8 Å². The van der Waals surface area contributed by atoms with Crippen LogP contribution in [0.15, 0.2) is 0 Å². The van der Waals surface area contributed by atoms with Gasteiger partial charge in [0, 0.05) is 0 Å². The zero-order valence-corrected chi connectivity index (χ0v) is 8.56. The first kappa shape index (κ1) is 9.05. The highest BCUT2D eigenvalue weighted by atomic mass is 16.6. The zero-order valence-electron chi connectivity index (χ0n) is 8.56. The van der Waals surface area contributed by atoms with Gasteiger partial charge >= 0.3 is 0 Å². The molecule has 0 bridgehead atoms. The summed E-state index contributed by atoms with van der Waals surface area (Å²) in [4.78, 5) is 0. The molecule has 1 heteroatoms. The first-order valence-electron chi connectivity index (χ1n) is 4.38. The van der Waals surface area contributed by atoms with Crippen LogP contribution in [0.1, 0.15) is 41.5 Å². The Morgan fingerprint density at radius 3 is 1.09 bits per heavy atom. The summed E-state index contributed by atoms with van der Waals surface area (Å²) in [6, 6.07) is 0. The van der Waals surface area contributed by atoms with Crippen molar-refractivity contribution in [3.63, 3.8) is 0 Å². The van der Waals surface area contributed by atoms with Gasteiger partial charge in [-0.3, -0.25) is 0 Å². The van der Waals surface area contributed by atoms with Crippen molar-refractivity contribution >= 4 is 0 Å². The number of rotatable bonds is 0. The van der Waals surface area contributed by atoms with Gasteiger partial charge in [0.05, 0.1) is 12.2 Å². The van der Waals surface area contributed by atoms with E-state index in [1.54, 1.807) is 0 Å². The van der Waals surface area contributed by atoms with Crippen molar-refractivity contribution in [3.05, 3.63) is 0 Å². The normalized spacial score (nSPS) is 32.2. The number of hydrogen-bond donors (Lipinski definition) is 0. The quantitative estimate of drug-likeness (QED) is 0.491. The van der Waals surface area contributed by atoms with E-state index in [0.29, 0.717) is 23.0 Å². The van der Waals surface area contributed by atoms with Crippen molar-refractivity contribution in [1.29, 1.82) is 0 Å². The molecule has 0 spiro atoms. The molecule has 0 amide bonds. The summed E-state index contributed by atoms with van der Waals surface area (Å²) in [5.74, 6) is 0. The maximum atomic E-state index is 5.65. The van der Waals surface area contributed by atoms with E-state index in [1.807, 2.05) is 0 Å². The van der Waals surface area contributed by atoms with E-state index in [9.17, 15) is 0 Å². The van der Waals surface area contributed by atoms with E-state index in [2.05, 4.69) is 41.5 Å². The van der Waals surface area contributed by atoms with Crippen LogP contribution in [-0.2, 0) is 4.74 Å². The Labute approximate surface area is 70.1 Å². The summed E-state index contributed by atoms with van der Waals surface area (Å²) < 4.78 is 5.65. The molecule has 0 radical (unpaired) electrons. The second kappa shape index (κ2) is 2.22. The van der Waals surface area contributed by atoms with Crippen LogP contribution >= 0.6 is 0 Å². The number of hydrogen-bond acceptors (Lipinski definition) is 1. The van der Waals surface area contributed by atoms with Crippen molar-refractivity contribution < 1.29 is 4.74 Å². The molecule has 1 saturated heterocycles. The zero-order chi connectivity index (χ0) is 8.86. The minimum absolute atomic E-state index is 0.317. The average molecular weight is 156 g/mol. The third kappa shape index (κ3) is 1.96. The SMILES string of the molecule is CC(C)(C)[C@@H]1O[C@H]1C(C)(C)C. The standard InChI is InChI=1S/C10H20O/c1-9(2,3)7-8(11-7)10(4,5)6/h7-8H,1-6H3/t7-,8-/m1/s1. The highest BCUT2D eigenvalue weighted by Crippen LogP contribution is 2.46. The molecule has 1 aliphatic heterocycles. The third-order valence-corrected chi connectivity index (χ3v) is 2.20. The van der Waals surface area contributed by atoms with Crippen LogP contribution in [0.5, 0.6) is 0 Å². The van der Waals surface area contributed by atoms with E-state index in [-0.39, 0.29) is 0 Å². The van der Waals surface area contributed by atoms with Crippen LogP contribution in [0.25, 0.3) is 0 Å². The van der Waals surface area contributed by atoms with Crippen LogP contribution in [0.2, 0.25) is 0 Å². The second-order valence-electron chi connectivity index (χ2n) is 5.71. The van der Waals surface area contributed by atoms with Gasteiger partial charge in [-0.05, 0) is 10.8 Å². The lowest BCUT2D eigenvalue weighted by atomic mass is 9.81. The lowest BCUT2D eigenvalue weighted by Crippen LogP contribution is -2.23. The Morgan fingerprint density at radius 2 is 1.00 bits per heavy atom. The van der Waals surface area contributed by atoms with Gasteiger partial charge in [0.2, 0.25) is 0 Å². The molecule has 0 unspecified atom stereocenters. The third-order valence-electron chi connectivity index (χ3n) is 2.20.